The molecule has 0 fully saturated rings. The lowest BCUT2D eigenvalue weighted by Gasteiger charge is -2.13. The number of hydrogen-bond donors (Lipinski definition) is 2. The Kier molecular flexibility index (Phi) is 7.54. The van der Waals surface area contributed by atoms with Crippen LogP contribution >= 0.6 is 11.6 Å². The minimum atomic E-state index is -3.17. The van der Waals surface area contributed by atoms with Gasteiger partial charge in [-0.2, -0.15) is 5.10 Å². The van der Waals surface area contributed by atoms with Crippen LogP contribution in [0.2, 0.25) is 5.15 Å². The summed E-state index contributed by atoms with van der Waals surface area (Å²) in [5.74, 6) is -3.07. The van der Waals surface area contributed by atoms with Crippen LogP contribution in [0.15, 0.2) is 61.3 Å². The zero-order valence-electron chi connectivity index (χ0n) is 19.7. The molecule has 0 saturated heterocycles. The largest absolute Gasteiger partial charge is 0.324 e. The maximum absolute atomic E-state index is 13.7. The van der Waals surface area contributed by atoms with Crippen molar-refractivity contribution in [1.82, 2.24) is 24.7 Å². The third-order valence-electron chi connectivity index (χ3n) is 5.24. The van der Waals surface area contributed by atoms with Crippen molar-refractivity contribution in [1.29, 1.82) is 0 Å². The number of aryl methyl sites for hydroxylation is 1. The predicted octanol–water partition coefficient (Wildman–Crippen LogP) is 5.84. The second-order valence-electron chi connectivity index (χ2n) is 8.29. The minimum absolute atomic E-state index is 0.0613. The summed E-state index contributed by atoms with van der Waals surface area (Å²) in [5.41, 5.74) is 2.98. The van der Waals surface area contributed by atoms with Gasteiger partial charge in [-0.15, -0.1) is 0 Å². The molecule has 0 aliphatic rings. The molecule has 1 aromatic carbocycles. The zero-order valence-corrected chi connectivity index (χ0v) is 20.4. The molecule has 0 saturated carbocycles. The maximum atomic E-state index is 13.7. The molecule has 0 spiro atoms. The quantitative estimate of drug-likeness (QED) is 0.274. The van der Waals surface area contributed by atoms with Crippen LogP contribution in [-0.4, -0.2) is 30.6 Å². The number of anilines is 3. The highest BCUT2D eigenvalue weighted by Gasteiger charge is 2.28. The molecule has 0 bridgehead atoms. The van der Waals surface area contributed by atoms with Gasteiger partial charge in [-0.3, -0.25) is 9.48 Å². The van der Waals surface area contributed by atoms with Crippen molar-refractivity contribution in [3.05, 3.63) is 77.6 Å². The fourth-order valence-electron chi connectivity index (χ4n) is 3.48. The molecule has 0 radical (unpaired) electrons. The third kappa shape index (κ3) is 6.39. The van der Waals surface area contributed by atoms with Gasteiger partial charge in [0.05, 0.1) is 35.8 Å². The summed E-state index contributed by atoms with van der Waals surface area (Å²) in [6.07, 6.45) is 9.35. The van der Waals surface area contributed by atoms with Crippen molar-refractivity contribution >= 4 is 34.8 Å². The number of benzene rings is 1. The molecule has 1 amide bonds. The van der Waals surface area contributed by atoms with Crippen LogP contribution in [-0.2, 0) is 23.7 Å². The monoisotopic (exact) mass is 511 g/mol. The molecule has 0 atom stereocenters. The van der Waals surface area contributed by atoms with Crippen LogP contribution in [0.1, 0.15) is 31.4 Å². The molecule has 0 aliphatic carbocycles. The number of hydrogen-bond acceptors (Lipinski definition) is 6. The highest BCUT2D eigenvalue weighted by Crippen LogP contribution is 2.33. The predicted molar refractivity (Wildman–Crippen MR) is 134 cm³/mol. The van der Waals surface area contributed by atoms with Gasteiger partial charge in [0, 0.05) is 37.6 Å². The normalized spacial score (nSPS) is 11.4. The molecular weight excluding hydrogens is 488 g/mol. The molecule has 2 N–H and O–H groups in total. The molecule has 3 aromatic heterocycles. The maximum Gasteiger partial charge on any atom is 0.273 e. The van der Waals surface area contributed by atoms with E-state index in [4.69, 9.17) is 11.6 Å². The topological polar surface area (TPSA) is 97.6 Å². The Morgan fingerprint density at radius 2 is 1.75 bits per heavy atom. The van der Waals surface area contributed by atoms with E-state index >= 15 is 0 Å². The number of alkyl halides is 2. The lowest BCUT2D eigenvalue weighted by Crippen LogP contribution is -2.16. The van der Waals surface area contributed by atoms with Gasteiger partial charge in [0.2, 0.25) is 11.9 Å². The fraction of sp³-hybridized carbons (Fsp3) is 0.240. The van der Waals surface area contributed by atoms with E-state index in [9.17, 15) is 13.6 Å². The number of nitrogens with one attached hydrogen (secondary N) is 2. The van der Waals surface area contributed by atoms with Crippen molar-refractivity contribution < 1.29 is 13.6 Å². The smallest absolute Gasteiger partial charge is 0.273 e. The van der Waals surface area contributed by atoms with Crippen LogP contribution in [0.25, 0.3) is 11.1 Å². The number of rotatable bonds is 9. The number of amides is 1. The van der Waals surface area contributed by atoms with E-state index in [2.05, 4.69) is 37.6 Å². The number of pyridine rings is 1. The van der Waals surface area contributed by atoms with Gasteiger partial charge in [0.25, 0.3) is 5.92 Å². The molecule has 186 valence electrons. The second-order valence-corrected chi connectivity index (χ2v) is 8.64. The van der Waals surface area contributed by atoms with E-state index in [1.807, 2.05) is 35.1 Å². The van der Waals surface area contributed by atoms with Crippen LogP contribution in [0.4, 0.5) is 26.1 Å². The average Bonchev–Trinajstić information content (AvgIpc) is 3.28. The summed E-state index contributed by atoms with van der Waals surface area (Å²) < 4.78 is 29.2. The first-order chi connectivity index (χ1) is 17.2. The van der Waals surface area contributed by atoms with E-state index in [-0.39, 0.29) is 23.2 Å². The lowest BCUT2D eigenvalue weighted by atomic mass is 10.0. The van der Waals surface area contributed by atoms with Gasteiger partial charge in [-0.1, -0.05) is 42.8 Å². The number of nitrogens with zero attached hydrogens (tertiary/aromatic N) is 5. The van der Waals surface area contributed by atoms with Crippen LogP contribution in [0, 0.1) is 0 Å². The van der Waals surface area contributed by atoms with Gasteiger partial charge in [0.1, 0.15) is 5.15 Å². The van der Waals surface area contributed by atoms with E-state index in [1.165, 1.54) is 6.20 Å². The summed E-state index contributed by atoms with van der Waals surface area (Å²) in [7, 11) is 0. The van der Waals surface area contributed by atoms with Gasteiger partial charge in [-0.25, -0.2) is 23.7 Å². The second kappa shape index (κ2) is 10.8. The Morgan fingerprint density at radius 1 is 1.03 bits per heavy atom. The summed E-state index contributed by atoms with van der Waals surface area (Å²) in [4.78, 5) is 24.9. The summed E-state index contributed by atoms with van der Waals surface area (Å²) in [5, 5.41) is 9.68. The highest BCUT2D eigenvalue weighted by molar-refractivity contribution is 6.30. The number of aromatic nitrogens is 5. The van der Waals surface area contributed by atoms with E-state index in [0.717, 1.165) is 48.3 Å². The van der Waals surface area contributed by atoms with Crippen molar-refractivity contribution in [2.24, 2.45) is 0 Å². The van der Waals surface area contributed by atoms with E-state index in [1.54, 1.807) is 18.6 Å². The number of halogens is 3. The van der Waals surface area contributed by atoms with Crippen molar-refractivity contribution in [3.63, 3.8) is 0 Å². The SMILES string of the molecule is CCCn1cc(Nc2ncc(-c3ccc(CC(=O)Nc4cnc(Cl)c(C(C)(F)F)c4)cc3)cn2)cn1. The van der Waals surface area contributed by atoms with Crippen molar-refractivity contribution in [3.8, 4) is 11.1 Å². The molecule has 0 aliphatic heterocycles. The van der Waals surface area contributed by atoms with Crippen LogP contribution in [0.3, 0.4) is 0 Å². The molecule has 36 heavy (non-hydrogen) atoms. The van der Waals surface area contributed by atoms with Crippen LogP contribution in [0.5, 0.6) is 0 Å². The number of carbonyl (C=O) groups is 1. The third-order valence-corrected chi connectivity index (χ3v) is 5.54. The Labute approximate surface area is 211 Å². The summed E-state index contributed by atoms with van der Waals surface area (Å²) in [6.45, 7) is 3.65. The average molecular weight is 512 g/mol. The van der Waals surface area contributed by atoms with E-state index < -0.39 is 11.5 Å². The highest BCUT2D eigenvalue weighted by atomic mass is 35.5. The van der Waals surface area contributed by atoms with Crippen molar-refractivity contribution in [2.45, 2.75) is 39.2 Å². The Bertz CT molecular complexity index is 1340. The van der Waals surface area contributed by atoms with Gasteiger partial charge in [0.15, 0.2) is 0 Å². The molecular formula is C25H24ClF2N7O. The van der Waals surface area contributed by atoms with Crippen LogP contribution < -0.4 is 10.6 Å². The molecule has 4 rings (SSSR count). The molecule has 8 nitrogen and oxygen atoms in total. The molecule has 0 unspecified atom stereocenters. The first-order valence-electron chi connectivity index (χ1n) is 11.3. The van der Waals surface area contributed by atoms with Gasteiger partial charge in [-0.05, 0) is 23.6 Å². The van der Waals surface area contributed by atoms with Gasteiger partial charge >= 0.3 is 0 Å². The summed E-state index contributed by atoms with van der Waals surface area (Å²) >= 11 is 5.75. The Morgan fingerprint density at radius 3 is 2.42 bits per heavy atom. The zero-order chi connectivity index (χ0) is 25.7. The van der Waals surface area contributed by atoms with Gasteiger partial charge < -0.3 is 10.6 Å². The Hall–Kier alpha value is -3.92. The molecule has 11 heteroatoms. The standard InChI is InChI=1S/C25H24ClF2N7O/c1-3-8-35-15-20(14-32-35)34-24-30-11-18(12-31-24)17-6-4-16(5-7-17)9-22(36)33-19-10-21(25(2,27)28)23(26)29-13-19/h4-7,10-15H,3,8-9H2,1-2H3,(H,33,36)(H,30,31,34). The first-order valence-corrected chi connectivity index (χ1v) is 11.6. The number of carbonyl (C=O) groups excluding carboxylic acids is 1. The first kappa shape index (κ1) is 25.2. The van der Waals surface area contributed by atoms with E-state index in [0.29, 0.717) is 5.95 Å². The lowest BCUT2D eigenvalue weighted by molar-refractivity contribution is -0.115. The summed E-state index contributed by atoms with van der Waals surface area (Å²) in [6, 6.07) is 8.49. The van der Waals surface area contributed by atoms with Crippen molar-refractivity contribution in [2.75, 3.05) is 10.6 Å². The Balaban J connectivity index is 1.36. The molecule has 3 heterocycles. The molecule has 4 aromatic rings. The fourth-order valence-corrected chi connectivity index (χ4v) is 3.75. The minimum Gasteiger partial charge on any atom is -0.324 e.